The van der Waals surface area contributed by atoms with Gasteiger partial charge in [0.1, 0.15) is 0 Å². The number of hydrogen-bond acceptors (Lipinski definition) is 4. The second-order valence-electron chi connectivity index (χ2n) is 6.28. The molecule has 0 saturated carbocycles. The van der Waals surface area contributed by atoms with Crippen LogP contribution in [-0.2, 0) is 22.2 Å². The van der Waals surface area contributed by atoms with E-state index < -0.39 is 35.1 Å². The molecule has 0 radical (unpaired) electrons. The summed E-state index contributed by atoms with van der Waals surface area (Å²) < 4.78 is 39.2. The van der Waals surface area contributed by atoms with Gasteiger partial charge in [-0.25, -0.2) is 4.79 Å². The smallest absolute Gasteiger partial charge is 0.416 e. The van der Waals surface area contributed by atoms with E-state index >= 15 is 0 Å². The molecule has 5 nitrogen and oxygen atoms in total. The van der Waals surface area contributed by atoms with Gasteiger partial charge in [0.15, 0.2) is 5.12 Å². The van der Waals surface area contributed by atoms with Gasteiger partial charge in [-0.15, -0.1) is 0 Å². The zero-order valence-corrected chi connectivity index (χ0v) is 16.1. The third-order valence-electron chi connectivity index (χ3n) is 3.96. The Balaban J connectivity index is 2.28. The number of halogens is 3. The Morgan fingerprint density at radius 1 is 1.10 bits per heavy atom. The van der Waals surface area contributed by atoms with Crippen LogP contribution >= 0.6 is 11.8 Å². The first kappa shape index (κ1) is 22.5. The van der Waals surface area contributed by atoms with E-state index in [9.17, 15) is 27.6 Å². The molecule has 29 heavy (non-hydrogen) atoms. The largest absolute Gasteiger partial charge is 0.478 e. The summed E-state index contributed by atoms with van der Waals surface area (Å²) in [5.74, 6) is -2.70. The fraction of sp³-hybridized carbons (Fsp3) is 0.250. The van der Waals surface area contributed by atoms with E-state index in [0.717, 1.165) is 23.4 Å². The van der Waals surface area contributed by atoms with Crippen molar-refractivity contribution in [2.24, 2.45) is 5.92 Å². The van der Waals surface area contributed by atoms with Crippen molar-refractivity contribution in [2.75, 3.05) is 11.1 Å². The maximum Gasteiger partial charge on any atom is 0.416 e. The van der Waals surface area contributed by atoms with Crippen LogP contribution in [0.5, 0.6) is 0 Å². The summed E-state index contributed by atoms with van der Waals surface area (Å²) in [6.07, 6.45) is -4.49. The van der Waals surface area contributed by atoms with Crippen LogP contribution in [0, 0.1) is 5.92 Å². The van der Waals surface area contributed by atoms with Crippen molar-refractivity contribution in [3.63, 3.8) is 0 Å². The van der Waals surface area contributed by atoms with Crippen LogP contribution in [-0.4, -0.2) is 27.9 Å². The molecule has 2 aromatic rings. The van der Waals surface area contributed by atoms with Crippen molar-refractivity contribution in [3.8, 4) is 0 Å². The molecule has 0 saturated heterocycles. The van der Waals surface area contributed by atoms with Gasteiger partial charge < -0.3 is 10.4 Å². The highest BCUT2D eigenvalue weighted by atomic mass is 32.2. The Labute approximate surface area is 169 Å². The van der Waals surface area contributed by atoms with Gasteiger partial charge in [-0.1, -0.05) is 42.1 Å². The Morgan fingerprint density at radius 2 is 1.76 bits per heavy atom. The number of amides is 1. The highest BCUT2D eigenvalue weighted by Gasteiger charge is 2.32. The predicted molar refractivity (Wildman–Crippen MR) is 104 cm³/mol. The zero-order chi connectivity index (χ0) is 21.6. The molecule has 1 atom stereocenters. The minimum Gasteiger partial charge on any atom is -0.478 e. The Hall–Kier alpha value is -2.81. The summed E-state index contributed by atoms with van der Waals surface area (Å²) in [6, 6.07) is 11.1. The van der Waals surface area contributed by atoms with E-state index in [-0.39, 0.29) is 23.0 Å². The second kappa shape index (κ2) is 9.60. The van der Waals surface area contributed by atoms with Gasteiger partial charge in [0.05, 0.1) is 17.0 Å². The molecule has 1 unspecified atom stereocenters. The van der Waals surface area contributed by atoms with Crippen molar-refractivity contribution in [2.45, 2.75) is 19.5 Å². The van der Waals surface area contributed by atoms with Crippen LogP contribution in [0.15, 0.2) is 48.5 Å². The van der Waals surface area contributed by atoms with Crippen molar-refractivity contribution < 1.29 is 32.7 Å². The number of carbonyl (C=O) groups is 3. The molecule has 0 heterocycles. The Morgan fingerprint density at radius 3 is 2.31 bits per heavy atom. The monoisotopic (exact) mass is 425 g/mol. The van der Waals surface area contributed by atoms with Crippen molar-refractivity contribution in [3.05, 3.63) is 65.2 Å². The van der Waals surface area contributed by atoms with Gasteiger partial charge in [0.2, 0.25) is 5.91 Å². The standard InChI is InChI=1S/C20H18F3NO4S/c1-12(25)29-11-15(7-13-5-3-2-4-6-13)18(26)24-17-9-14(19(27)28)8-16(10-17)20(21,22)23/h2-6,8-10,15H,7,11H2,1H3,(H,24,26)(H,27,28). The fourth-order valence-electron chi connectivity index (χ4n) is 2.58. The Bertz CT molecular complexity index is 900. The summed E-state index contributed by atoms with van der Waals surface area (Å²) in [5, 5.41) is 11.2. The summed E-state index contributed by atoms with van der Waals surface area (Å²) in [4.78, 5) is 35.2. The van der Waals surface area contributed by atoms with E-state index in [1.807, 2.05) is 0 Å². The molecule has 1 amide bonds. The van der Waals surface area contributed by atoms with E-state index in [2.05, 4.69) is 5.32 Å². The number of hydrogen-bond donors (Lipinski definition) is 2. The first-order valence-electron chi connectivity index (χ1n) is 8.50. The lowest BCUT2D eigenvalue weighted by molar-refractivity contribution is -0.137. The summed E-state index contributed by atoms with van der Waals surface area (Å²) in [5.41, 5.74) is -1.21. The lowest BCUT2D eigenvalue weighted by atomic mass is 10.00. The quantitative estimate of drug-likeness (QED) is 0.683. The van der Waals surface area contributed by atoms with Gasteiger partial charge in [0.25, 0.3) is 0 Å². The summed E-state index contributed by atoms with van der Waals surface area (Å²) in [7, 11) is 0. The van der Waals surface area contributed by atoms with Crippen LogP contribution in [0.3, 0.4) is 0 Å². The summed E-state index contributed by atoms with van der Waals surface area (Å²) >= 11 is 0.939. The highest BCUT2D eigenvalue weighted by molar-refractivity contribution is 8.13. The number of thioether (sulfide) groups is 1. The van der Waals surface area contributed by atoms with E-state index in [1.165, 1.54) is 6.92 Å². The van der Waals surface area contributed by atoms with Crippen LogP contribution < -0.4 is 5.32 Å². The molecule has 2 aromatic carbocycles. The molecular formula is C20H18F3NO4S. The number of carboxylic acid groups (broad SMARTS) is 1. The molecule has 0 bridgehead atoms. The minimum atomic E-state index is -4.77. The zero-order valence-electron chi connectivity index (χ0n) is 15.3. The molecule has 0 aliphatic rings. The number of benzene rings is 2. The maximum atomic E-state index is 13.1. The molecule has 0 fully saturated rings. The number of carboxylic acids is 1. The molecule has 9 heteroatoms. The molecule has 2 N–H and O–H groups in total. The third-order valence-corrected chi connectivity index (χ3v) is 4.93. The Kier molecular flexibility index (Phi) is 7.44. The van der Waals surface area contributed by atoms with Crippen molar-refractivity contribution in [1.82, 2.24) is 0 Å². The predicted octanol–water partition coefficient (Wildman–Crippen LogP) is 4.48. The van der Waals surface area contributed by atoms with Crippen LogP contribution in [0.25, 0.3) is 0 Å². The minimum absolute atomic E-state index is 0.140. The van der Waals surface area contributed by atoms with Gasteiger partial charge in [0, 0.05) is 18.4 Å². The van der Waals surface area contributed by atoms with E-state index in [0.29, 0.717) is 12.1 Å². The van der Waals surface area contributed by atoms with Gasteiger partial charge in [-0.05, 0) is 30.2 Å². The van der Waals surface area contributed by atoms with Gasteiger partial charge in [-0.2, -0.15) is 13.2 Å². The normalized spacial score (nSPS) is 12.3. The molecule has 2 rings (SSSR count). The van der Waals surface area contributed by atoms with Crippen LogP contribution in [0.4, 0.5) is 18.9 Å². The second-order valence-corrected chi connectivity index (χ2v) is 7.48. The average molecular weight is 425 g/mol. The first-order valence-corrected chi connectivity index (χ1v) is 9.48. The van der Waals surface area contributed by atoms with Crippen LogP contribution in [0.2, 0.25) is 0 Å². The fourth-order valence-corrected chi connectivity index (χ4v) is 3.28. The molecule has 0 aliphatic heterocycles. The topological polar surface area (TPSA) is 83.5 Å². The maximum absolute atomic E-state index is 13.1. The highest BCUT2D eigenvalue weighted by Crippen LogP contribution is 2.32. The third kappa shape index (κ3) is 6.94. The lowest BCUT2D eigenvalue weighted by Gasteiger charge is -2.17. The van der Waals surface area contributed by atoms with Gasteiger partial charge in [-0.3, -0.25) is 9.59 Å². The van der Waals surface area contributed by atoms with Gasteiger partial charge >= 0.3 is 12.1 Å². The number of rotatable bonds is 7. The number of nitrogens with one attached hydrogen (secondary N) is 1. The first-order chi connectivity index (χ1) is 13.6. The average Bonchev–Trinajstić information content (AvgIpc) is 2.64. The van der Waals surface area contributed by atoms with Crippen molar-refractivity contribution >= 4 is 34.4 Å². The SMILES string of the molecule is CC(=O)SCC(Cc1ccccc1)C(=O)Nc1cc(C(=O)O)cc(C(F)(F)F)c1. The number of alkyl halides is 3. The molecule has 0 aliphatic carbocycles. The number of anilines is 1. The number of carbonyl (C=O) groups excluding carboxylic acids is 2. The molecule has 0 aromatic heterocycles. The van der Waals surface area contributed by atoms with E-state index in [4.69, 9.17) is 5.11 Å². The van der Waals surface area contributed by atoms with E-state index in [1.54, 1.807) is 30.3 Å². The number of aromatic carboxylic acids is 1. The molecular weight excluding hydrogens is 407 g/mol. The molecule has 154 valence electrons. The summed E-state index contributed by atoms with van der Waals surface area (Å²) in [6.45, 7) is 1.36. The van der Waals surface area contributed by atoms with Crippen molar-refractivity contribution in [1.29, 1.82) is 0 Å². The van der Waals surface area contributed by atoms with Crippen LogP contribution in [0.1, 0.15) is 28.4 Å². The molecule has 0 spiro atoms. The lowest BCUT2D eigenvalue weighted by Crippen LogP contribution is -2.27.